The van der Waals surface area contributed by atoms with Crippen LogP contribution in [-0.4, -0.2) is 43.3 Å². The fourth-order valence-corrected chi connectivity index (χ4v) is 4.62. The number of para-hydroxylation sites is 1. The van der Waals surface area contributed by atoms with Crippen molar-refractivity contribution in [3.63, 3.8) is 0 Å². The molecule has 3 heterocycles. The largest absolute Gasteiger partial charge is 0.411 e. The number of benzene rings is 1. The minimum Gasteiger partial charge on any atom is -0.411 e. The zero-order valence-corrected chi connectivity index (χ0v) is 16.6. The second-order valence-electron chi connectivity index (χ2n) is 7.26. The van der Waals surface area contributed by atoms with Crippen LogP contribution in [0.25, 0.3) is 22.4 Å². The number of rotatable bonds is 4. The molecule has 1 aliphatic heterocycles. The highest BCUT2D eigenvalue weighted by molar-refractivity contribution is 8.00. The lowest BCUT2D eigenvalue weighted by atomic mass is 9.97. The standard InChI is InChI=1S/C20H24N4O2S/c1-12-7-6-8-13(2)24(12)19(25)14(3)27-20-23-22-18(26-20)16-11-21-17-10-5-4-9-15(16)17/h4-5,9-14,21H,6-8H2,1-3H3/t12-,13+,14-/m1/s1. The van der Waals surface area contributed by atoms with Gasteiger partial charge in [-0.05, 0) is 46.1 Å². The van der Waals surface area contributed by atoms with E-state index in [1.165, 1.54) is 18.2 Å². The minimum absolute atomic E-state index is 0.145. The molecule has 0 aliphatic carbocycles. The van der Waals surface area contributed by atoms with Crippen molar-refractivity contribution in [2.45, 2.75) is 62.6 Å². The van der Waals surface area contributed by atoms with E-state index in [4.69, 9.17) is 4.42 Å². The van der Waals surface area contributed by atoms with E-state index in [9.17, 15) is 4.79 Å². The first-order chi connectivity index (χ1) is 13.0. The monoisotopic (exact) mass is 384 g/mol. The Balaban J connectivity index is 1.50. The van der Waals surface area contributed by atoms with E-state index < -0.39 is 0 Å². The number of thioether (sulfide) groups is 1. The van der Waals surface area contributed by atoms with Crippen LogP contribution in [0.3, 0.4) is 0 Å². The molecule has 27 heavy (non-hydrogen) atoms. The van der Waals surface area contributed by atoms with Crippen LogP contribution in [0.15, 0.2) is 40.1 Å². The molecule has 142 valence electrons. The van der Waals surface area contributed by atoms with Crippen molar-refractivity contribution in [2.24, 2.45) is 0 Å². The van der Waals surface area contributed by atoms with Crippen LogP contribution in [0, 0.1) is 0 Å². The van der Waals surface area contributed by atoms with Crippen molar-refractivity contribution >= 4 is 28.6 Å². The fourth-order valence-electron chi connectivity index (χ4n) is 3.88. The number of nitrogens with one attached hydrogen (secondary N) is 1. The maximum atomic E-state index is 12.9. The normalized spacial score (nSPS) is 21.5. The van der Waals surface area contributed by atoms with E-state index in [0.717, 1.165) is 29.3 Å². The Labute approximate surface area is 162 Å². The van der Waals surface area contributed by atoms with Crippen molar-refractivity contribution in [2.75, 3.05) is 0 Å². The van der Waals surface area contributed by atoms with E-state index in [2.05, 4.69) is 29.0 Å². The quantitative estimate of drug-likeness (QED) is 0.671. The minimum atomic E-state index is -0.260. The third-order valence-electron chi connectivity index (χ3n) is 5.30. The number of fused-ring (bicyclic) bond motifs is 1. The Morgan fingerprint density at radius 2 is 2.00 bits per heavy atom. The molecule has 1 aliphatic rings. The van der Waals surface area contributed by atoms with Gasteiger partial charge >= 0.3 is 0 Å². The molecule has 0 bridgehead atoms. The Kier molecular flexibility index (Phi) is 4.95. The van der Waals surface area contributed by atoms with Crippen molar-refractivity contribution in [3.05, 3.63) is 30.5 Å². The molecule has 4 rings (SSSR count). The number of piperidine rings is 1. The molecule has 1 N–H and O–H groups in total. The van der Waals surface area contributed by atoms with Crippen molar-refractivity contribution in [3.8, 4) is 11.5 Å². The summed E-state index contributed by atoms with van der Waals surface area (Å²) in [6, 6.07) is 8.55. The smallest absolute Gasteiger partial charge is 0.277 e. The van der Waals surface area contributed by atoms with Gasteiger partial charge in [0.15, 0.2) is 0 Å². The van der Waals surface area contributed by atoms with Gasteiger partial charge in [0.05, 0.1) is 10.8 Å². The molecule has 7 heteroatoms. The second-order valence-corrected chi connectivity index (χ2v) is 8.55. The molecule has 1 fully saturated rings. The van der Waals surface area contributed by atoms with Crippen LogP contribution in [-0.2, 0) is 4.79 Å². The number of hydrogen-bond donors (Lipinski definition) is 1. The van der Waals surface area contributed by atoms with Crippen molar-refractivity contribution in [1.29, 1.82) is 0 Å². The highest BCUT2D eigenvalue weighted by Crippen LogP contribution is 2.32. The van der Waals surface area contributed by atoms with Crippen molar-refractivity contribution < 1.29 is 9.21 Å². The van der Waals surface area contributed by atoms with Gasteiger partial charge in [-0.25, -0.2) is 0 Å². The van der Waals surface area contributed by atoms with Crippen molar-refractivity contribution in [1.82, 2.24) is 20.1 Å². The maximum Gasteiger partial charge on any atom is 0.277 e. The highest BCUT2D eigenvalue weighted by atomic mass is 32.2. The molecule has 1 saturated heterocycles. The molecule has 1 amide bonds. The lowest BCUT2D eigenvalue weighted by molar-refractivity contribution is -0.136. The summed E-state index contributed by atoms with van der Waals surface area (Å²) in [6.45, 7) is 6.18. The van der Waals surface area contributed by atoms with Gasteiger partial charge in [-0.3, -0.25) is 4.79 Å². The van der Waals surface area contributed by atoms with Gasteiger partial charge in [0.2, 0.25) is 5.91 Å². The summed E-state index contributed by atoms with van der Waals surface area (Å²) in [6.07, 6.45) is 5.20. The lowest BCUT2D eigenvalue weighted by Crippen LogP contribution is -2.50. The first kappa shape index (κ1) is 18.1. The number of aromatic amines is 1. The van der Waals surface area contributed by atoms with Gasteiger partial charge in [-0.15, -0.1) is 10.2 Å². The second kappa shape index (κ2) is 7.38. The summed E-state index contributed by atoms with van der Waals surface area (Å²) in [5.74, 6) is 0.612. The van der Waals surface area contributed by atoms with Crippen LogP contribution in [0.1, 0.15) is 40.0 Å². The number of aromatic nitrogens is 3. The molecule has 0 radical (unpaired) electrons. The van der Waals surface area contributed by atoms with Gasteiger partial charge in [-0.2, -0.15) is 0 Å². The van der Waals surface area contributed by atoms with Crippen LogP contribution >= 0.6 is 11.8 Å². The summed E-state index contributed by atoms with van der Waals surface area (Å²) >= 11 is 1.33. The molecule has 1 aromatic carbocycles. The number of carbonyl (C=O) groups excluding carboxylic acids is 1. The van der Waals surface area contributed by atoms with E-state index >= 15 is 0 Å². The molecular weight excluding hydrogens is 360 g/mol. The Hall–Kier alpha value is -2.28. The predicted octanol–water partition coefficient (Wildman–Crippen LogP) is 4.49. The summed E-state index contributed by atoms with van der Waals surface area (Å²) in [7, 11) is 0. The van der Waals surface area contributed by atoms with Crippen LogP contribution in [0.2, 0.25) is 0 Å². The average molecular weight is 385 g/mol. The molecule has 6 nitrogen and oxygen atoms in total. The third-order valence-corrected chi connectivity index (χ3v) is 6.22. The molecular formula is C20H24N4O2S. The van der Waals surface area contributed by atoms with Crippen LogP contribution in [0.5, 0.6) is 0 Å². The zero-order chi connectivity index (χ0) is 19.0. The van der Waals surface area contributed by atoms with E-state index in [-0.39, 0.29) is 23.2 Å². The molecule has 2 aromatic heterocycles. The average Bonchev–Trinajstić information content (AvgIpc) is 3.28. The van der Waals surface area contributed by atoms with E-state index in [1.807, 2.05) is 42.3 Å². The van der Waals surface area contributed by atoms with Crippen LogP contribution in [0.4, 0.5) is 0 Å². The topological polar surface area (TPSA) is 75.0 Å². The number of hydrogen-bond acceptors (Lipinski definition) is 5. The maximum absolute atomic E-state index is 12.9. The molecule has 0 saturated carbocycles. The van der Waals surface area contributed by atoms with Crippen LogP contribution < -0.4 is 0 Å². The molecule has 3 aromatic rings. The number of nitrogens with zero attached hydrogens (tertiary/aromatic N) is 3. The molecule has 3 atom stereocenters. The molecule has 0 spiro atoms. The van der Waals surface area contributed by atoms with E-state index in [0.29, 0.717) is 11.1 Å². The summed E-state index contributed by atoms with van der Waals surface area (Å²) in [4.78, 5) is 18.2. The predicted molar refractivity (Wildman–Crippen MR) is 107 cm³/mol. The zero-order valence-electron chi connectivity index (χ0n) is 15.8. The number of carbonyl (C=O) groups is 1. The fraction of sp³-hybridized carbons (Fsp3) is 0.450. The summed E-state index contributed by atoms with van der Waals surface area (Å²) < 4.78 is 5.85. The Morgan fingerprint density at radius 3 is 2.78 bits per heavy atom. The number of amides is 1. The Bertz CT molecular complexity index is 940. The van der Waals surface area contributed by atoms with E-state index in [1.54, 1.807) is 0 Å². The van der Waals surface area contributed by atoms with Gasteiger partial charge in [0.1, 0.15) is 0 Å². The van der Waals surface area contributed by atoms with Gasteiger partial charge in [0, 0.05) is 29.2 Å². The lowest BCUT2D eigenvalue weighted by Gasteiger charge is -2.40. The van der Waals surface area contributed by atoms with Gasteiger partial charge in [-0.1, -0.05) is 30.0 Å². The first-order valence-electron chi connectivity index (χ1n) is 9.43. The third kappa shape index (κ3) is 3.48. The first-order valence-corrected chi connectivity index (χ1v) is 10.3. The summed E-state index contributed by atoms with van der Waals surface area (Å²) in [5, 5.41) is 9.53. The van der Waals surface area contributed by atoms with Gasteiger partial charge < -0.3 is 14.3 Å². The highest BCUT2D eigenvalue weighted by Gasteiger charge is 2.32. The number of H-pyrrole nitrogens is 1. The SMILES string of the molecule is C[C@@H]1CCC[C@H](C)N1C(=O)[C@@H](C)Sc1nnc(-c2c[nH]c3ccccc23)o1. The molecule has 0 unspecified atom stereocenters. The number of likely N-dealkylation sites (tertiary alicyclic amines) is 1. The Morgan fingerprint density at radius 1 is 1.26 bits per heavy atom. The van der Waals surface area contributed by atoms with Gasteiger partial charge in [0.25, 0.3) is 11.1 Å². The summed E-state index contributed by atoms with van der Waals surface area (Å²) in [5.41, 5.74) is 1.90.